The van der Waals surface area contributed by atoms with Crippen LogP contribution in [0.4, 0.5) is 0 Å². The van der Waals surface area contributed by atoms with Crippen LogP contribution in [0.5, 0.6) is 0 Å². The minimum Gasteiger partial charge on any atom is -0.482 e. The average Bonchev–Trinajstić information content (AvgIpc) is 2.59. The Morgan fingerprint density at radius 3 is 2.62 bits per heavy atom. The van der Waals surface area contributed by atoms with E-state index in [1.807, 2.05) is 4.98 Å². The summed E-state index contributed by atoms with van der Waals surface area (Å²) in [7, 11) is 0. The van der Waals surface area contributed by atoms with Crippen molar-refractivity contribution in [3.63, 3.8) is 0 Å². The van der Waals surface area contributed by atoms with Crippen LogP contribution in [-0.4, -0.2) is 29.5 Å². The van der Waals surface area contributed by atoms with Crippen molar-refractivity contribution in [2.75, 3.05) is 13.2 Å². The lowest BCUT2D eigenvalue weighted by atomic mass is 10.7. The molecule has 70 valence electrons. The van der Waals surface area contributed by atoms with E-state index in [0.717, 1.165) is 13.2 Å². The molecule has 0 unspecified atom stereocenters. The Labute approximate surface area is 73.3 Å². The van der Waals surface area contributed by atoms with Crippen LogP contribution >= 0.6 is 0 Å². The van der Waals surface area contributed by atoms with E-state index in [1.54, 1.807) is 0 Å². The summed E-state index contributed by atoms with van der Waals surface area (Å²) < 4.78 is 4.65. The lowest BCUT2D eigenvalue weighted by Crippen LogP contribution is -2.19. The summed E-state index contributed by atoms with van der Waals surface area (Å²) in [6.45, 7) is 1.62. The van der Waals surface area contributed by atoms with Gasteiger partial charge in [-0.2, -0.15) is 0 Å². The number of aromatic nitrogens is 2. The standard InChI is InChI=1S/C4H4N2O2.C3H5NO/c7-3-1-2-5-4(8)6-3;1-2-5-3-4-1/h1-2H,(H2,5,6,7,8);3H,1-2H2. The Kier molecular flexibility index (Phi) is 3.49. The van der Waals surface area contributed by atoms with Crippen LogP contribution < -0.4 is 11.2 Å². The summed E-state index contributed by atoms with van der Waals surface area (Å²) in [5.41, 5.74) is -0.855. The van der Waals surface area contributed by atoms with Crippen LogP contribution in [0.25, 0.3) is 0 Å². The first kappa shape index (κ1) is 9.24. The maximum Gasteiger partial charge on any atom is 0.325 e. The average molecular weight is 183 g/mol. The number of H-pyrrole nitrogens is 2. The van der Waals surface area contributed by atoms with Gasteiger partial charge in [0, 0.05) is 12.3 Å². The van der Waals surface area contributed by atoms with E-state index in [9.17, 15) is 9.59 Å². The van der Waals surface area contributed by atoms with E-state index in [2.05, 4.69) is 14.7 Å². The van der Waals surface area contributed by atoms with Crippen LogP contribution in [0, 0.1) is 0 Å². The topological polar surface area (TPSA) is 87.3 Å². The number of hydrogen-bond acceptors (Lipinski definition) is 4. The summed E-state index contributed by atoms with van der Waals surface area (Å²) in [6, 6.07) is 1.24. The van der Waals surface area contributed by atoms with E-state index < -0.39 is 5.69 Å². The maximum atomic E-state index is 10.2. The van der Waals surface area contributed by atoms with Crippen molar-refractivity contribution in [2.45, 2.75) is 0 Å². The zero-order valence-electron chi connectivity index (χ0n) is 6.82. The number of hydrogen-bond donors (Lipinski definition) is 2. The quantitative estimate of drug-likeness (QED) is 0.546. The highest BCUT2D eigenvalue weighted by molar-refractivity contribution is 5.47. The molecule has 6 heteroatoms. The third-order valence-electron chi connectivity index (χ3n) is 1.17. The monoisotopic (exact) mass is 183 g/mol. The van der Waals surface area contributed by atoms with Crippen molar-refractivity contribution in [1.82, 2.24) is 9.97 Å². The first-order valence-corrected chi connectivity index (χ1v) is 3.67. The Balaban J connectivity index is 0.000000145. The number of ether oxygens (including phenoxy) is 1. The Morgan fingerprint density at radius 1 is 1.46 bits per heavy atom. The Morgan fingerprint density at radius 2 is 2.31 bits per heavy atom. The van der Waals surface area contributed by atoms with Gasteiger partial charge in [0.15, 0.2) is 6.40 Å². The van der Waals surface area contributed by atoms with Crippen molar-refractivity contribution in [1.29, 1.82) is 0 Å². The van der Waals surface area contributed by atoms with Gasteiger partial charge >= 0.3 is 5.69 Å². The number of nitrogens with one attached hydrogen (secondary N) is 2. The van der Waals surface area contributed by atoms with Crippen LogP contribution in [0.1, 0.15) is 0 Å². The van der Waals surface area contributed by atoms with Crippen molar-refractivity contribution >= 4 is 6.40 Å². The zero-order valence-corrected chi connectivity index (χ0v) is 6.82. The minimum absolute atomic E-state index is 0.381. The molecule has 0 spiro atoms. The fourth-order valence-corrected chi connectivity index (χ4v) is 0.646. The summed E-state index contributed by atoms with van der Waals surface area (Å²) in [5, 5.41) is 0. The number of aliphatic imine (C=N–C) groups is 1. The third kappa shape index (κ3) is 3.90. The Hall–Kier alpha value is -1.85. The molecule has 2 rings (SSSR count). The lowest BCUT2D eigenvalue weighted by Gasteiger charge is -1.76. The molecule has 2 N–H and O–H groups in total. The van der Waals surface area contributed by atoms with E-state index in [0.29, 0.717) is 0 Å². The maximum absolute atomic E-state index is 10.2. The molecule has 2 heterocycles. The predicted molar refractivity (Wildman–Crippen MR) is 47.0 cm³/mol. The molecule has 1 aliphatic rings. The van der Waals surface area contributed by atoms with Crippen molar-refractivity contribution in [3.8, 4) is 0 Å². The van der Waals surface area contributed by atoms with Gasteiger partial charge in [-0.25, -0.2) is 4.79 Å². The molecule has 0 saturated carbocycles. The largest absolute Gasteiger partial charge is 0.482 e. The molecule has 0 atom stereocenters. The molecule has 0 saturated heterocycles. The molecule has 0 aliphatic carbocycles. The normalized spacial score (nSPS) is 12.9. The molecule has 6 nitrogen and oxygen atoms in total. The second-order valence-corrected chi connectivity index (χ2v) is 2.18. The predicted octanol–water partition coefficient (Wildman–Crippen LogP) is -0.892. The molecule has 13 heavy (non-hydrogen) atoms. The molecule has 0 bridgehead atoms. The van der Waals surface area contributed by atoms with Crippen molar-refractivity contribution in [3.05, 3.63) is 33.1 Å². The SMILES string of the molecule is C1=NCCO1.O=c1cc[nH]c(=O)[nH]1. The van der Waals surface area contributed by atoms with Gasteiger partial charge in [-0.3, -0.25) is 14.8 Å². The van der Waals surface area contributed by atoms with Crippen LogP contribution in [-0.2, 0) is 4.74 Å². The zero-order chi connectivity index (χ0) is 9.52. The van der Waals surface area contributed by atoms with Crippen LogP contribution in [0.3, 0.4) is 0 Å². The highest BCUT2D eigenvalue weighted by Crippen LogP contribution is 1.78. The number of nitrogens with zero attached hydrogens (tertiary/aromatic N) is 1. The van der Waals surface area contributed by atoms with Gasteiger partial charge in [-0.05, 0) is 0 Å². The smallest absolute Gasteiger partial charge is 0.325 e. The van der Waals surface area contributed by atoms with Crippen LogP contribution in [0.15, 0.2) is 26.8 Å². The number of aromatic amines is 2. The van der Waals surface area contributed by atoms with E-state index in [1.165, 1.54) is 18.7 Å². The van der Waals surface area contributed by atoms with E-state index in [4.69, 9.17) is 0 Å². The summed E-state index contributed by atoms with van der Waals surface area (Å²) >= 11 is 0. The Bertz CT molecular complexity index is 348. The molecule has 0 fully saturated rings. The fraction of sp³-hybridized carbons (Fsp3) is 0.286. The van der Waals surface area contributed by atoms with Gasteiger partial charge in [0.2, 0.25) is 0 Å². The first-order valence-electron chi connectivity index (χ1n) is 3.67. The molecule has 0 amide bonds. The van der Waals surface area contributed by atoms with Crippen molar-refractivity contribution in [2.24, 2.45) is 4.99 Å². The molecular weight excluding hydrogens is 174 g/mol. The third-order valence-corrected chi connectivity index (χ3v) is 1.17. The summed E-state index contributed by atoms with van der Waals surface area (Å²) in [6.07, 6.45) is 2.78. The van der Waals surface area contributed by atoms with Crippen LogP contribution in [0.2, 0.25) is 0 Å². The minimum atomic E-state index is -0.475. The second-order valence-electron chi connectivity index (χ2n) is 2.18. The fourth-order valence-electron chi connectivity index (χ4n) is 0.646. The van der Waals surface area contributed by atoms with Gasteiger partial charge in [0.25, 0.3) is 5.56 Å². The number of rotatable bonds is 0. The van der Waals surface area contributed by atoms with E-state index >= 15 is 0 Å². The van der Waals surface area contributed by atoms with Gasteiger partial charge < -0.3 is 9.72 Å². The van der Waals surface area contributed by atoms with Gasteiger partial charge in [-0.1, -0.05) is 0 Å². The molecule has 0 aromatic carbocycles. The van der Waals surface area contributed by atoms with Crippen molar-refractivity contribution < 1.29 is 4.74 Å². The first-order chi connectivity index (χ1) is 6.29. The molecule has 0 radical (unpaired) electrons. The molecule has 1 aliphatic heterocycles. The summed E-state index contributed by atoms with van der Waals surface area (Å²) in [5.74, 6) is 0. The highest BCUT2D eigenvalue weighted by atomic mass is 16.5. The van der Waals surface area contributed by atoms with Gasteiger partial charge in [0.05, 0.1) is 6.54 Å². The van der Waals surface area contributed by atoms with E-state index in [-0.39, 0.29) is 5.56 Å². The summed E-state index contributed by atoms with van der Waals surface area (Å²) in [4.78, 5) is 28.4. The second kappa shape index (κ2) is 4.91. The molecule has 1 aromatic rings. The molecule has 1 aromatic heterocycles. The highest BCUT2D eigenvalue weighted by Gasteiger charge is 1.84. The van der Waals surface area contributed by atoms with Gasteiger partial charge in [-0.15, -0.1) is 0 Å². The van der Waals surface area contributed by atoms with Gasteiger partial charge in [0.1, 0.15) is 6.61 Å². The molecular formula is C7H9N3O3. The lowest BCUT2D eigenvalue weighted by molar-refractivity contribution is 0.361.